The number of aliphatic hydroxyl groups is 1. The van der Waals surface area contributed by atoms with Crippen LogP contribution in [0.4, 0.5) is 0 Å². The van der Waals surface area contributed by atoms with Gasteiger partial charge in [0.15, 0.2) is 5.65 Å². The Kier molecular flexibility index (Phi) is 4.66. The third kappa shape index (κ3) is 3.19. The predicted molar refractivity (Wildman–Crippen MR) is 91.3 cm³/mol. The Morgan fingerprint density at radius 1 is 1.29 bits per heavy atom. The van der Waals surface area contributed by atoms with Crippen LogP contribution >= 0.6 is 0 Å². The molecule has 0 atom stereocenters. The van der Waals surface area contributed by atoms with Gasteiger partial charge in [0, 0.05) is 18.4 Å². The van der Waals surface area contributed by atoms with Gasteiger partial charge in [0.25, 0.3) is 0 Å². The molecule has 0 amide bonds. The Hall–Kier alpha value is -2.60. The van der Waals surface area contributed by atoms with E-state index in [-0.39, 0.29) is 12.4 Å². The number of ketones is 1. The van der Waals surface area contributed by atoms with Crippen molar-refractivity contribution in [3.8, 4) is 11.3 Å². The van der Waals surface area contributed by atoms with Crippen LogP contribution in [0.15, 0.2) is 30.5 Å². The van der Waals surface area contributed by atoms with Gasteiger partial charge in [0.05, 0.1) is 30.4 Å². The molecule has 0 aliphatic carbocycles. The second-order valence-electron chi connectivity index (χ2n) is 5.73. The van der Waals surface area contributed by atoms with Gasteiger partial charge in [0.1, 0.15) is 11.6 Å². The molecule has 124 valence electrons. The van der Waals surface area contributed by atoms with Gasteiger partial charge in [-0.15, -0.1) is 0 Å². The minimum Gasteiger partial charge on any atom is -0.392 e. The fraction of sp³-hybridized carbons (Fsp3) is 0.333. The molecule has 0 radical (unpaired) electrons. The molecule has 0 saturated heterocycles. The Morgan fingerprint density at radius 2 is 2.12 bits per heavy atom. The molecule has 6 nitrogen and oxygen atoms in total. The summed E-state index contributed by atoms with van der Waals surface area (Å²) in [5.41, 5.74) is 3.27. The third-order valence-electron chi connectivity index (χ3n) is 3.99. The highest BCUT2D eigenvalue weighted by Crippen LogP contribution is 2.26. The standard InChI is InChI=1S/C18H20N4O2/c1-3-15(24)7-8-22-18-16(10-19-22)17(20-12(2)21-18)14-6-4-5-13(9-14)11-23/h4-6,9-10,23H,3,7-8,11H2,1-2H3. The van der Waals surface area contributed by atoms with Crippen molar-refractivity contribution in [1.82, 2.24) is 19.7 Å². The van der Waals surface area contributed by atoms with Crippen molar-refractivity contribution >= 4 is 16.8 Å². The lowest BCUT2D eigenvalue weighted by Gasteiger charge is -2.07. The summed E-state index contributed by atoms with van der Waals surface area (Å²) in [6, 6.07) is 7.64. The summed E-state index contributed by atoms with van der Waals surface area (Å²) >= 11 is 0. The first kappa shape index (κ1) is 16.3. The zero-order valence-corrected chi connectivity index (χ0v) is 13.9. The molecular formula is C18H20N4O2. The van der Waals surface area contributed by atoms with Gasteiger partial charge >= 0.3 is 0 Å². The fourth-order valence-electron chi connectivity index (χ4n) is 2.67. The minimum absolute atomic E-state index is 0.0144. The average molecular weight is 324 g/mol. The van der Waals surface area contributed by atoms with E-state index in [9.17, 15) is 9.90 Å². The molecule has 2 heterocycles. The summed E-state index contributed by atoms with van der Waals surface area (Å²) in [5, 5.41) is 14.6. The van der Waals surface area contributed by atoms with Crippen molar-refractivity contribution in [3.05, 3.63) is 41.9 Å². The zero-order chi connectivity index (χ0) is 17.1. The lowest BCUT2D eigenvalue weighted by Crippen LogP contribution is -2.07. The Morgan fingerprint density at radius 3 is 2.88 bits per heavy atom. The first-order chi connectivity index (χ1) is 11.6. The SMILES string of the molecule is CCC(=O)CCn1ncc2c(-c3cccc(CO)c3)nc(C)nc21. The molecule has 0 unspecified atom stereocenters. The van der Waals surface area contributed by atoms with E-state index in [1.165, 1.54) is 0 Å². The molecule has 2 aromatic heterocycles. The van der Waals surface area contributed by atoms with Crippen LogP contribution in [-0.4, -0.2) is 30.6 Å². The first-order valence-corrected chi connectivity index (χ1v) is 8.04. The molecule has 0 bridgehead atoms. The van der Waals surface area contributed by atoms with E-state index in [1.807, 2.05) is 38.1 Å². The van der Waals surface area contributed by atoms with Crippen LogP contribution in [0.25, 0.3) is 22.3 Å². The predicted octanol–water partition coefficient (Wildman–Crippen LogP) is 2.66. The molecule has 3 aromatic rings. The van der Waals surface area contributed by atoms with Crippen LogP contribution in [0.2, 0.25) is 0 Å². The number of benzene rings is 1. The highest BCUT2D eigenvalue weighted by Gasteiger charge is 2.14. The van der Waals surface area contributed by atoms with Gasteiger partial charge in [-0.05, 0) is 18.6 Å². The fourth-order valence-corrected chi connectivity index (χ4v) is 2.67. The van der Waals surface area contributed by atoms with Gasteiger partial charge in [-0.25, -0.2) is 14.6 Å². The molecule has 0 aliphatic heterocycles. The van der Waals surface area contributed by atoms with Crippen molar-refractivity contribution in [3.63, 3.8) is 0 Å². The van der Waals surface area contributed by atoms with Crippen molar-refractivity contribution < 1.29 is 9.90 Å². The van der Waals surface area contributed by atoms with Crippen LogP contribution in [0.3, 0.4) is 0 Å². The molecule has 1 aromatic carbocycles. The van der Waals surface area contributed by atoms with Crippen LogP contribution in [0.1, 0.15) is 31.2 Å². The highest BCUT2D eigenvalue weighted by atomic mass is 16.3. The van der Waals surface area contributed by atoms with Crippen LogP contribution in [-0.2, 0) is 17.9 Å². The van der Waals surface area contributed by atoms with E-state index in [0.29, 0.717) is 25.2 Å². The second kappa shape index (κ2) is 6.88. The van der Waals surface area contributed by atoms with Crippen LogP contribution in [0, 0.1) is 6.92 Å². The molecule has 0 spiro atoms. The number of nitrogens with zero attached hydrogens (tertiary/aromatic N) is 4. The first-order valence-electron chi connectivity index (χ1n) is 8.04. The Labute approximate surface area is 140 Å². The number of aromatic nitrogens is 4. The number of rotatable bonds is 6. The lowest BCUT2D eigenvalue weighted by molar-refractivity contribution is -0.119. The quantitative estimate of drug-likeness (QED) is 0.754. The largest absolute Gasteiger partial charge is 0.392 e. The number of hydrogen-bond donors (Lipinski definition) is 1. The van der Waals surface area contributed by atoms with E-state index >= 15 is 0 Å². The normalized spacial score (nSPS) is 11.1. The van der Waals surface area contributed by atoms with Gasteiger partial charge in [0.2, 0.25) is 0 Å². The smallest absolute Gasteiger partial charge is 0.162 e. The van der Waals surface area contributed by atoms with E-state index in [0.717, 1.165) is 27.9 Å². The summed E-state index contributed by atoms with van der Waals surface area (Å²) in [7, 11) is 0. The van der Waals surface area contributed by atoms with Crippen molar-refractivity contribution in [2.75, 3.05) is 0 Å². The molecule has 0 aliphatic rings. The number of carbonyl (C=O) groups excluding carboxylic acids is 1. The number of carbonyl (C=O) groups is 1. The summed E-state index contributed by atoms with van der Waals surface area (Å²) < 4.78 is 1.76. The molecule has 0 saturated carbocycles. The molecule has 1 N–H and O–H groups in total. The topological polar surface area (TPSA) is 80.9 Å². The number of aryl methyl sites for hydroxylation is 2. The summed E-state index contributed by atoms with van der Waals surface area (Å²) in [4.78, 5) is 20.6. The van der Waals surface area contributed by atoms with E-state index in [4.69, 9.17) is 0 Å². The van der Waals surface area contributed by atoms with E-state index < -0.39 is 0 Å². The highest BCUT2D eigenvalue weighted by molar-refractivity contribution is 5.90. The monoisotopic (exact) mass is 324 g/mol. The molecular weight excluding hydrogens is 304 g/mol. The number of fused-ring (bicyclic) bond motifs is 1. The number of Topliss-reactive ketones (excluding diaryl/α,β-unsaturated/α-hetero) is 1. The molecule has 6 heteroatoms. The summed E-state index contributed by atoms with van der Waals surface area (Å²) in [6.45, 7) is 4.21. The van der Waals surface area contributed by atoms with Gasteiger partial charge < -0.3 is 5.11 Å². The van der Waals surface area contributed by atoms with Crippen LogP contribution < -0.4 is 0 Å². The van der Waals surface area contributed by atoms with Crippen molar-refractivity contribution in [1.29, 1.82) is 0 Å². The van der Waals surface area contributed by atoms with E-state index in [1.54, 1.807) is 10.9 Å². The third-order valence-corrected chi connectivity index (χ3v) is 3.99. The summed E-state index contributed by atoms with van der Waals surface area (Å²) in [6.07, 6.45) is 2.73. The lowest BCUT2D eigenvalue weighted by atomic mass is 10.1. The molecule has 3 rings (SSSR count). The van der Waals surface area contributed by atoms with Crippen LogP contribution in [0.5, 0.6) is 0 Å². The maximum atomic E-state index is 11.6. The summed E-state index contributed by atoms with van der Waals surface area (Å²) in [5.74, 6) is 0.857. The maximum Gasteiger partial charge on any atom is 0.162 e. The van der Waals surface area contributed by atoms with Crippen molar-refractivity contribution in [2.24, 2.45) is 0 Å². The average Bonchev–Trinajstić information content (AvgIpc) is 3.01. The Bertz CT molecular complexity index is 886. The van der Waals surface area contributed by atoms with Gasteiger partial charge in [-0.1, -0.05) is 25.1 Å². The number of aliphatic hydroxyl groups excluding tert-OH is 1. The molecule has 24 heavy (non-hydrogen) atoms. The van der Waals surface area contributed by atoms with Gasteiger partial charge in [-0.3, -0.25) is 4.79 Å². The Balaban J connectivity index is 2.06. The molecule has 0 fully saturated rings. The van der Waals surface area contributed by atoms with E-state index in [2.05, 4.69) is 15.1 Å². The zero-order valence-electron chi connectivity index (χ0n) is 13.9. The maximum absolute atomic E-state index is 11.6. The number of hydrogen-bond acceptors (Lipinski definition) is 5. The van der Waals surface area contributed by atoms with Crippen molar-refractivity contribution in [2.45, 2.75) is 39.8 Å². The van der Waals surface area contributed by atoms with Gasteiger partial charge in [-0.2, -0.15) is 5.10 Å². The second-order valence-corrected chi connectivity index (χ2v) is 5.73. The minimum atomic E-state index is -0.0144.